The van der Waals surface area contributed by atoms with Gasteiger partial charge in [0, 0.05) is 18.4 Å². The number of amides is 5. The van der Waals surface area contributed by atoms with Crippen LogP contribution in [0.1, 0.15) is 20.3 Å². The highest BCUT2D eigenvalue weighted by atomic mass is 32.2. The maximum absolute atomic E-state index is 13.8. The minimum absolute atomic E-state index is 0.0282. The van der Waals surface area contributed by atoms with Gasteiger partial charge in [0.1, 0.15) is 12.3 Å². The van der Waals surface area contributed by atoms with Crippen molar-refractivity contribution in [3.63, 3.8) is 0 Å². The second-order valence-electron chi connectivity index (χ2n) is 9.02. The zero-order valence-corrected chi connectivity index (χ0v) is 21.5. The van der Waals surface area contributed by atoms with Crippen LogP contribution in [0.25, 0.3) is 0 Å². The number of anilines is 2. The number of hydrogen-bond acceptors (Lipinski definition) is 6. The molecule has 2 atom stereocenters. The Morgan fingerprint density at radius 3 is 2.54 bits per heavy atom. The number of nitrogens with zero attached hydrogens (tertiary/aromatic N) is 3. The molecule has 9 nitrogen and oxygen atoms in total. The van der Waals surface area contributed by atoms with Crippen LogP contribution < -0.4 is 15.0 Å². The summed E-state index contributed by atoms with van der Waals surface area (Å²) in [6.45, 7) is 4.54. The highest BCUT2D eigenvalue weighted by Crippen LogP contribution is 2.50. The molecule has 10 heteroatoms. The number of carbonyl (C=O) groups excluding carboxylic acids is 4. The number of urea groups is 1. The van der Waals surface area contributed by atoms with Gasteiger partial charge in [-0.05, 0) is 43.2 Å². The van der Waals surface area contributed by atoms with Crippen LogP contribution in [0.5, 0.6) is 5.75 Å². The van der Waals surface area contributed by atoms with E-state index in [1.165, 1.54) is 28.5 Å². The van der Waals surface area contributed by atoms with Crippen molar-refractivity contribution in [3.05, 3.63) is 65.1 Å². The van der Waals surface area contributed by atoms with Crippen LogP contribution in [0.2, 0.25) is 0 Å². The summed E-state index contributed by atoms with van der Waals surface area (Å²) in [5.41, 5.74) is 1.93. The third-order valence-electron chi connectivity index (χ3n) is 6.73. The molecule has 2 aromatic rings. The minimum atomic E-state index is -0.574. The number of carbonyl (C=O) groups is 4. The molecule has 1 fully saturated rings. The number of para-hydroxylation sites is 3. The zero-order chi connectivity index (χ0) is 26.1. The molecule has 1 saturated heterocycles. The Bertz CT molecular complexity index is 1280. The molecule has 3 aliphatic rings. The number of hydrogen-bond donors (Lipinski definition) is 1. The number of nitrogens with one attached hydrogen (secondary N) is 1. The fourth-order valence-electron chi connectivity index (χ4n) is 5.00. The monoisotopic (exact) mass is 520 g/mol. The van der Waals surface area contributed by atoms with Crippen LogP contribution in [-0.2, 0) is 14.4 Å². The highest BCUT2D eigenvalue weighted by Gasteiger charge is 2.54. The van der Waals surface area contributed by atoms with Gasteiger partial charge in [0.25, 0.3) is 0 Å². The van der Waals surface area contributed by atoms with E-state index in [2.05, 4.69) is 5.32 Å². The van der Waals surface area contributed by atoms with Crippen LogP contribution in [0.15, 0.2) is 65.1 Å². The molecule has 192 valence electrons. The van der Waals surface area contributed by atoms with Crippen molar-refractivity contribution in [1.29, 1.82) is 0 Å². The summed E-state index contributed by atoms with van der Waals surface area (Å²) in [4.78, 5) is 58.0. The third kappa shape index (κ3) is 4.69. The number of benzene rings is 2. The van der Waals surface area contributed by atoms with Gasteiger partial charge in [0.05, 0.1) is 35.8 Å². The van der Waals surface area contributed by atoms with E-state index in [1.807, 2.05) is 19.1 Å². The molecule has 2 unspecified atom stereocenters. The lowest BCUT2D eigenvalue weighted by Gasteiger charge is -2.42. The number of ether oxygens (including phenoxy) is 1. The van der Waals surface area contributed by atoms with Gasteiger partial charge >= 0.3 is 6.03 Å². The first kappa shape index (κ1) is 24.9. The molecule has 0 bridgehead atoms. The predicted octanol–water partition coefficient (Wildman–Crippen LogP) is 3.69. The summed E-state index contributed by atoms with van der Waals surface area (Å²) in [5.74, 6) is -0.750. The van der Waals surface area contributed by atoms with Gasteiger partial charge in [-0.1, -0.05) is 30.3 Å². The zero-order valence-electron chi connectivity index (χ0n) is 20.7. The quantitative estimate of drug-likeness (QED) is 0.624. The van der Waals surface area contributed by atoms with Gasteiger partial charge in [-0.25, -0.2) is 9.69 Å². The Morgan fingerprint density at radius 2 is 1.81 bits per heavy atom. The molecule has 0 aliphatic carbocycles. The minimum Gasteiger partial charge on any atom is -0.492 e. The number of rotatable bonds is 6. The molecule has 0 radical (unpaired) electrons. The lowest BCUT2D eigenvalue weighted by molar-refractivity contribution is -0.128. The Balaban J connectivity index is 1.45. The number of fused-ring (bicyclic) bond motifs is 2. The first-order valence-electron chi connectivity index (χ1n) is 12.2. The van der Waals surface area contributed by atoms with Crippen molar-refractivity contribution >= 4 is 46.9 Å². The lowest BCUT2D eigenvalue weighted by atomic mass is 9.90. The third-order valence-corrected chi connectivity index (χ3v) is 8.18. The van der Waals surface area contributed by atoms with Gasteiger partial charge in [0.2, 0.25) is 17.7 Å². The molecule has 3 heterocycles. The molecule has 1 N–H and O–H groups in total. The average molecular weight is 521 g/mol. The van der Waals surface area contributed by atoms with E-state index in [9.17, 15) is 19.2 Å². The molecule has 0 spiro atoms. The number of imide groups is 1. The molecular formula is C27H28N4O5S. The molecule has 0 saturated carbocycles. The average Bonchev–Trinajstić information content (AvgIpc) is 3.27. The Morgan fingerprint density at radius 1 is 1.08 bits per heavy atom. The highest BCUT2D eigenvalue weighted by molar-refractivity contribution is 8.04. The van der Waals surface area contributed by atoms with Crippen molar-refractivity contribution in [3.8, 4) is 5.75 Å². The molecular weight excluding hydrogens is 492 g/mol. The Kier molecular flexibility index (Phi) is 6.92. The Labute approximate surface area is 219 Å². The van der Waals surface area contributed by atoms with Crippen LogP contribution in [-0.4, -0.2) is 65.2 Å². The first-order valence-corrected chi connectivity index (χ1v) is 13.1. The summed E-state index contributed by atoms with van der Waals surface area (Å²) in [6.07, 6.45) is 0.563. The topological polar surface area (TPSA) is 99.3 Å². The lowest BCUT2D eigenvalue weighted by Crippen LogP contribution is -2.61. The van der Waals surface area contributed by atoms with Crippen LogP contribution in [0, 0.1) is 5.92 Å². The van der Waals surface area contributed by atoms with E-state index < -0.39 is 23.2 Å². The second-order valence-corrected chi connectivity index (χ2v) is 10.2. The summed E-state index contributed by atoms with van der Waals surface area (Å²) in [5, 5.41) is 2.31. The summed E-state index contributed by atoms with van der Waals surface area (Å²) >= 11 is 1.41. The molecule has 5 rings (SSSR count). The largest absolute Gasteiger partial charge is 0.492 e. The van der Waals surface area contributed by atoms with Crippen LogP contribution in [0.4, 0.5) is 16.2 Å². The van der Waals surface area contributed by atoms with E-state index in [-0.39, 0.29) is 18.4 Å². The summed E-state index contributed by atoms with van der Waals surface area (Å²) in [6, 6.07) is 15.3. The standard InChI is InChI=1S/C27H28N4O5S/c1-3-36-21-12-8-7-11-20(21)28-23(33)16-30-26-24(19-13-14-29(17(2)32)15-22(19)37-26)25(34)31(27(30)35)18-9-5-4-6-10-18/h4-12,24,26H,3,13-16H2,1-2H3,(H,28,33). The van der Waals surface area contributed by atoms with Gasteiger partial charge in [-0.15, -0.1) is 11.8 Å². The maximum Gasteiger partial charge on any atom is 0.332 e. The summed E-state index contributed by atoms with van der Waals surface area (Å²) < 4.78 is 5.61. The second kappa shape index (κ2) is 10.3. The first-order chi connectivity index (χ1) is 17.9. The molecule has 2 aromatic carbocycles. The van der Waals surface area contributed by atoms with Crippen LogP contribution in [0.3, 0.4) is 0 Å². The molecule has 3 aliphatic heterocycles. The van der Waals surface area contributed by atoms with E-state index in [0.29, 0.717) is 43.2 Å². The summed E-state index contributed by atoms with van der Waals surface area (Å²) in [7, 11) is 0. The van der Waals surface area contributed by atoms with Crippen LogP contribution >= 0.6 is 11.8 Å². The molecule has 37 heavy (non-hydrogen) atoms. The fourth-order valence-corrected chi connectivity index (χ4v) is 6.61. The van der Waals surface area contributed by atoms with Crippen molar-refractivity contribution in [2.45, 2.75) is 25.6 Å². The van der Waals surface area contributed by atoms with Gasteiger partial charge in [0.15, 0.2) is 0 Å². The normalized spacial score (nSPS) is 21.1. The SMILES string of the molecule is CCOc1ccccc1NC(=O)CN1C(=O)N(c2ccccc2)C(=O)C2C3=C(CN(C(C)=O)CC3)SC21. The van der Waals surface area contributed by atoms with Gasteiger partial charge in [-0.2, -0.15) is 0 Å². The van der Waals surface area contributed by atoms with Crippen molar-refractivity contribution < 1.29 is 23.9 Å². The van der Waals surface area contributed by atoms with Gasteiger partial charge < -0.3 is 19.9 Å². The van der Waals surface area contributed by atoms with E-state index in [1.54, 1.807) is 47.4 Å². The van der Waals surface area contributed by atoms with E-state index in [0.717, 1.165) is 10.5 Å². The van der Waals surface area contributed by atoms with Crippen molar-refractivity contribution in [2.24, 2.45) is 5.92 Å². The Hall–Kier alpha value is -3.79. The fraction of sp³-hybridized carbons (Fsp3) is 0.333. The van der Waals surface area contributed by atoms with E-state index >= 15 is 0 Å². The van der Waals surface area contributed by atoms with Crippen molar-refractivity contribution in [1.82, 2.24) is 9.80 Å². The molecule has 5 amide bonds. The van der Waals surface area contributed by atoms with Crippen molar-refractivity contribution in [2.75, 3.05) is 36.5 Å². The smallest absolute Gasteiger partial charge is 0.332 e. The van der Waals surface area contributed by atoms with E-state index in [4.69, 9.17) is 4.74 Å². The number of thioether (sulfide) groups is 1. The predicted molar refractivity (Wildman–Crippen MR) is 141 cm³/mol. The van der Waals surface area contributed by atoms with Gasteiger partial charge in [-0.3, -0.25) is 14.4 Å². The molecule has 0 aromatic heterocycles. The maximum atomic E-state index is 13.8.